The van der Waals surface area contributed by atoms with Gasteiger partial charge in [0.05, 0.1) is 12.5 Å². The van der Waals surface area contributed by atoms with Crippen molar-refractivity contribution in [3.05, 3.63) is 35.9 Å². The zero-order chi connectivity index (χ0) is 12.9. The largest absolute Gasteiger partial charge is 0.390 e. The van der Waals surface area contributed by atoms with Crippen LogP contribution in [0.15, 0.2) is 30.3 Å². The van der Waals surface area contributed by atoms with Crippen LogP contribution in [0.5, 0.6) is 0 Å². The lowest BCUT2D eigenvalue weighted by Gasteiger charge is -2.21. The van der Waals surface area contributed by atoms with Crippen molar-refractivity contribution in [1.82, 2.24) is 4.90 Å². The van der Waals surface area contributed by atoms with E-state index >= 15 is 0 Å². The average molecular weight is 247 g/mol. The summed E-state index contributed by atoms with van der Waals surface area (Å²) in [5.41, 5.74) is 0.714. The maximum atomic E-state index is 12.0. The van der Waals surface area contributed by atoms with Gasteiger partial charge in [-0.3, -0.25) is 0 Å². The minimum Gasteiger partial charge on any atom is -0.387 e. The molecule has 1 N–H and O–H groups in total. The first-order valence-electron chi connectivity index (χ1n) is 5.37. The Balaban J connectivity index is 2.39. The van der Waals surface area contributed by atoms with Gasteiger partial charge in [0.1, 0.15) is 0 Å². The van der Waals surface area contributed by atoms with Gasteiger partial charge in [-0.2, -0.15) is 13.2 Å². The molecule has 0 bridgehead atoms. The molecule has 0 fully saturated rings. The highest BCUT2D eigenvalue weighted by Crippen LogP contribution is 2.20. The number of likely N-dealkylation sites (N-methyl/N-ethyl adjacent to an activating group) is 1. The summed E-state index contributed by atoms with van der Waals surface area (Å²) < 4.78 is 36.0. The van der Waals surface area contributed by atoms with Crippen molar-refractivity contribution >= 4 is 0 Å². The van der Waals surface area contributed by atoms with E-state index in [4.69, 9.17) is 0 Å². The molecule has 0 amide bonds. The SMILES string of the molecule is CN(CCC(F)(F)F)CC(O)c1ccccc1. The number of benzene rings is 1. The molecule has 96 valence electrons. The fourth-order valence-corrected chi connectivity index (χ4v) is 1.48. The Hall–Kier alpha value is -1.07. The second-order valence-corrected chi connectivity index (χ2v) is 4.05. The molecule has 0 aliphatic rings. The molecule has 17 heavy (non-hydrogen) atoms. The second-order valence-electron chi connectivity index (χ2n) is 4.05. The lowest BCUT2D eigenvalue weighted by Crippen LogP contribution is -2.28. The minimum atomic E-state index is -4.15. The molecule has 0 heterocycles. The van der Waals surface area contributed by atoms with Crippen molar-refractivity contribution in [1.29, 1.82) is 0 Å². The first kappa shape index (κ1) is 14.0. The number of alkyl halides is 3. The smallest absolute Gasteiger partial charge is 0.387 e. The highest BCUT2D eigenvalue weighted by atomic mass is 19.4. The van der Waals surface area contributed by atoms with E-state index in [-0.39, 0.29) is 13.1 Å². The minimum absolute atomic E-state index is 0.104. The Bertz CT molecular complexity index is 326. The fourth-order valence-electron chi connectivity index (χ4n) is 1.48. The molecular weight excluding hydrogens is 231 g/mol. The molecule has 0 saturated carbocycles. The molecule has 5 heteroatoms. The Morgan fingerprint density at radius 2 is 1.82 bits per heavy atom. The molecule has 0 aliphatic heterocycles. The molecule has 0 radical (unpaired) electrons. The first-order valence-corrected chi connectivity index (χ1v) is 5.37. The number of aliphatic hydroxyl groups excluding tert-OH is 1. The number of halogens is 3. The van der Waals surface area contributed by atoms with Gasteiger partial charge in [0.25, 0.3) is 0 Å². The Morgan fingerprint density at radius 1 is 1.24 bits per heavy atom. The normalized spacial score (nSPS) is 14.0. The van der Waals surface area contributed by atoms with Crippen molar-refractivity contribution in [3.63, 3.8) is 0 Å². The van der Waals surface area contributed by atoms with Gasteiger partial charge in [-0.15, -0.1) is 0 Å². The van der Waals surface area contributed by atoms with Crippen LogP contribution in [-0.4, -0.2) is 36.3 Å². The highest BCUT2D eigenvalue weighted by Gasteiger charge is 2.27. The number of hydrogen-bond acceptors (Lipinski definition) is 2. The zero-order valence-electron chi connectivity index (χ0n) is 9.61. The van der Waals surface area contributed by atoms with Crippen LogP contribution in [0.1, 0.15) is 18.1 Å². The maximum absolute atomic E-state index is 12.0. The van der Waals surface area contributed by atoms with Crippen LogP contribution in [-0.2, 0) is 0 Å². The van der Waals surface area contributed by atoms with E-state index in [0.29, 0.717) is 5.56 Å². The van der Waals surface area contributed by atoms with Crippen LogP contribution in [0, 0.1) is 0 Å². The van der Waals surface area contributed by atoms with Crippen molar-refractivity contribution in [3.8, 4) is 0 Å². The number of nitrogens with zero attached hydrogens (tertiary/aromatic N) is 1. The summed E-state index contributed by atoms with van der Waals surface area (Å²) in [4.78, 5) is 1.48. The molecule has 1 aromatic carbocycles. The van der Waals surface area contributed by atoms with Crippen molar-refractivity contribution in [2.75, 3.05) is 20.1 Å². The van der Waals surface area contributed by atoms with E-state index in [1.807, 2.05) is 6.07 Å². The molecule has 0 aromatic heterocycles. The maximum Gasteiger partial charge on any atom is 0.390 e. The lowest BCUT2D eigenvalue weighted by molar-refractivity contribution is -0.137. The number of hydrogen-bond donors (Lipinski definition) is 1. The number of aliphatic hydroxyl groups is 1. The van der Waals surface area contributed by atoms with Gasteiger partial charge in [0.15, 0.2) is 0 Å². The van der Waals surface area contributed by atoms with Gasteiger partial charge < -0.3 is 10.0 Å². The zero-order valence-corrected chi connectivity index (χ0v) is 9.61. The van der Waals surface area contributed by atoms with Gasteiger partial charge in [-0.25, -0.2) is 0 Å². The topological polar surface area (TPSA) is 23.5 Å². The third-order valence-corrected chi connectivity index (χ3v) is 2.45. The predicted octanol–water partition coefficient (Wildman–Crippen LogP) is 2.60. The van der Waals surface area contributed by atoms with E-state index in [1.54, 1.807) is 31.3 Å². The van der Waals surface area contributed by atoms with E-state index in [9.17, 15) is 18.3 Å². The van der Waals surface area contributed by atoms with E-state index in [1.165, 1.54) is 4.90 Å². The van der Waals surface area contributed by atoms with Gasteiger partial charge in [-0.1, -0.05) is 30.3 Å². The Kier molecular flexibility index (Phi) is 4.96. The van der Waals surface area contributed by atoms with Gasteiger partial charge in [0, 0.05) is 13.1 Å². The van der Waals surface area contributed by atoms with E-state index < -0.39 is 18.7 Å². The van der Waals surface area contributed by atoms with Crippen LogP contribution in [0.25, 0.3) is 0 Å². The van der Waals surface area contributed by atoms with Gasteiger partial charge in [0.2, 0.25) is 0 Å². The summed E-state index contributed by atoms with van der Waals surface area (Å²) in [5, 5.41) is 9.80. The molecule has 0 aliphatic carbocycles. The van der Waals surface area contributed by atoms with Crippen LogP contribution >= 0.6 is 0 Å². The van der Waals surface area contributed by atoms with E-state index in [2.05, 4.69) is 0 Å². The fraction of sp³-hybridized carbons (Fsp3) is 0.500. The van der Waals surface area contributed by atoms with Crippen LogP contribution in [0.3, 0.4) is 0 Å². The molecule has 1 aromatic rings. The summed E-state index contributed by atoms with van der Waals surface area (Å²) >= 11 is 0. The van der Waals surface area contributed by atoms with E-state index in [0.717, 1.165) is 0 Å². The molecule has 1 atom stereocenters. The molecular formula is C12H16F3NO. The quantitative estimate of drug-likeness (QED) is 0.864. The molecule has 1 unspecified atom stereocenters. The van der Waals surface area contributed by atoms with Crippen LogP contribution < -0.4 is 0 Å². The summed E-state index contributed by atoms with van der Waals surface area (Å²) in [6, 6.07) is 8.90. The van der Waals surface area contributed by atoms with Crippen molar-refractivity contribution < 1.29 is 18.3 Å². The monoisotopic (exact) mass is 247 g/mol. The molecule has 0 saturated heterocycles. The third kappa shape index (κ3) is 5.70. The van der Waals surface area contributed by atoms with Gasteiger partial charge >= 0.3 is 6.18 Å². The summed E-state index contributed by atoms with van der Waals surface area (Å²) in [6.45, 7) is 0.0908. The van der Waals surface area contributed by atoms with Gasteiger partial charge in [-0.05, 0) is 12.6 Å². The molecule has 1 rings (SSSR count). The summed E-state index contributed by atoms with van der Waals surface area (Å²) in [6.07, 6.45) is -5.76. The summed E-state index contributed by atoms with van der Waals surface area (Å²) in [7, 11) is 1.57. The summed E-state index contributed by atoms with van der Waals surface area (Å²) in [5.74, 6) is 0. The van der Waals surface area contributed by atoms with Crippen molar-refractivity contribution in [2.45, 2.75) is 18.7 Å². The lowest BCUT2D eigenvalue weighted by atomic mass is 10.1. The number of rotatable bonds is 5. The average Bonchev–Trinajstić information content (AvgIpc) is 2.27. The van der Waals surface area contributed by atoms with Crippen LogP contribution in [0.2, 0.25) is 0 Å². The third-order valence-electron chi connectivity index (χ3n) is 2.45. The Morgan fingerprint density at radius 3 is 2.35 bits per heavy atom. The Labute approximate surface area is 98.7 Å². The predicted molar refractivity (Wildman–Crippen MR) is 59.6 cm³/mol. The first-order chi connectivity index (χ1) is 7.88. The second kappa shape index (κ2) is 6.02. The molecule has 0 spiro atoms. The van der Waals surface area contributed by atoms with Crippen LogP contribution in [0.4, 0.5) is 13.2 Å². The molecule has 2 nitrogen and oxygen atoms in total. The van der Waals surface area contributed by atoms with Crippen molar-refractivity contribution in [2.24, 2.45) is 0 Å². The standard InChI is InChI=1S/C12H16F3NO/c1-16(8-7-12(13,14)15)9-11(17)10-5-3-2-4-6-10/h2-6,11,17H,7-9H2,1H3. The highest BCUT2D eigenvalue weighted by molar-refractivity contribution is 5.17.